The zero-order valence-corrected chi connectivity index (χ0v) is 13.4. The van der Waals surface area contributed by atoms with E-state index in [2.05, 4.69) is 41.5 Å². The Kier molecular flexibility index (Phi) is 4.58. The number of nitrogens with zero attached hydrogens (tertiary/aromatic N) is 3. The van der Waals surface area contributed by atoms with Gasteiger partial charge in [0.05, 0.1) is 11.4 Å². The molecular weight excluding hydrogens is 284 g/mol. The van der Waals surface area contributed by atoms with Gasteiger partial charge in [-0.2, -0.15) is 10.2 Å². The second-order valence-corrected chi connectivity index (χ2v) is 6.31. The summed E-state index contributed by atoms with van der Waals surface area (Å²) in [5.74, 6) is 0.615. The van der Waals surface area contributed by atoms with Gasteiger partial charge in [-0.15, -0.1) is 5.10 Å². The number of nitrogens with one attached hydrogen (secondary N) is 1. The molecule has 0 amide bonds. The van der Waals surface area contributed by atoms with Crippen molar-refractivity contribution in [1.29, 1.82) is 0 Å². The van der Waals surface area contributed by atoms with E-state index >= 15 is 0 Å². The van der Waals surface area contributed by atoms with Crippen LogP contribution in [0.3, 0.4) is 0 Å². The zero-order valence-electron chi connectivity index (χ0n) is 12.7. The van der Waals surface area contributed by atoms with Crippen molar-refractivity contribution in [2.75, 3.05) is 5.43 Å². The van der Waals surface area contributed by atoms with Gasteiger partial charge < -0.3 is 0 Å². The third-order valence-electron chi connectivity index (χ3n) is 3.01. The van der Waals surface area contributed by atoms with Crippen LogP contribution in [0.1, 0.15) is 39.0 Å². The summed E-state index contributed by atoms with van der Waals surface area (Å²) in [4.78, 5) is 0. The number of aromatic nitrogens is 2. The zero-order chi connectivity index (χ0) is 15.5. The van der Waals surface area contributed by atoms with E-state index in [4.69, 9.17) is 11.6 Å². The smallest absolute Gasteiger partial charge is 0.168 e. The van der Waals surface area contributed by atoms with E-state index in [0.29, 0.717) is 10.8 Å². The first-order chi connectivity index (χ1) is 9.86. The summed E-state index contributed by atoms with van der Waals surface area (Å²) in [7, 11) is 0. The molecule has 0 unspecified atom stereocenters. The van der Waals surface area contributed by atoms with Gasteiger partial charge in [0.15, 0.2) is 5.82 Å². The van der Waals surface area contributed by atoms with Crippen LogP contribution in [0.5, 0.6) is 0 Å². The average Bonchev–Trinajstić information content (AvgIpc) is 2.44. The maximum atomic E-state index is 5.97. The molecule has 1 N–H and O–H groups in total. The van der Waals surface area contributed by atoms with Crippen molar-refractivity contribution < 1.29 is 0 Å². The molecule has 4 nitrogen and oxygen atoms in total. The number of benzene rings is 1. The van der Waals surface area contributed by atoms with Crippen LogP contribution >= 0.6 is 11.6 Å². The SMILES string of the molecule is CC(=NNc1ccc(C(C)(C)C)nn1)c1cccc(Cl)c1. The first kappa shape index (κ1) is 15.4. The van der Waals surface area contributed by atoms with Crippen molar-refractivity contribution in [3.63, 3.8) is 0 Å². The van der Waals surface area contributed by atoms with E-state index in [1.165, 1.54) is 0 Å². The number of hydrazone groups is 1. The highest BCUT2D eigenvalue weighted by molar-refractivity contribution is 6.31. The van der Waals surface area contributed by atoms with Crippen LogP contribution in [-0.4, -0.2) is 15.9 Å². The lowest BCUT2D eigenvalue weighted by molar-refractivity contribution is 0.559. The Bertz CT molecular complexity index is 642. The summed E-state index contributed by atoms with van der Waals surface area (Å²) in [5, 5.41) is 13.3. The standard InChI is InChI=1S/C16H19ClN4/c1-11(12-6-5-7-13(17)10-12)18-20-15-9-8-14(19-21-15)16(2,3)4/h5-10H,1-4H3,(H,20,21). The summed E-state index contributed by atoms with van der Waals surface area (Å²) >= 11 is 5.97. The van der Waals surface area contributed by atoms with Gasteiger partial charge in [0.1, 0.15) is 0 Å². The monoisotopic (exact) mass is 302 g/mol. The maximum absolute atomic E-state index is 5.97. The van der Waals surface area contributed by atoms with E-state index in [-0.39, 0.29) is 5.41 Å². The molecule has 0 aliphatic rings. The molecule has 0 atom stereocenters. The molecular formula is C16H19ClN4. The minimum Gasteiger partial charge on any atom is -0.260 e. The van der Waals surface area contributed by atoms with Gasteiger partial charge in [0, 0.05) is 10.4 Å². The van der Waals surface area contributed by atoms with Crippen molar-refractivity contribution in [2.24, 2.45) is 5.10 Å². The topological polar surface area (TPSA) is 50.2 Å². The fourth-order valence-electron chi connectivity index (χ4n) is 1.71. The Morgan fingerprint density at radius 1 is 1.14 bits per heavy atom. The highest BCUT2D eigenvalue weighted by atomic mass is 35.5. The quantitative estimate of drug-likeness (QED) is 0.680. The van der Waals surface area contributed by atoms with E-state index in [1.807, 2.05) is 43.3 Å². The molecule has 1 aromatic carbocycles. The van der Waals surface area contributed by atoms with Crippen molar-refractivity contribution in [3.05, 3.63) is 52.7 Å². The molecule has 1 heterocycles. The van der Waals surface area contributed by atoms with Gasteiger partial charge in [-0.1, -0.05) is 44.5 Å². The van der Waals surface area contributed by atoms with E-state index in [0.717, 1.165) is 17.0 Å². The molecule has 21 heavy (non-hydrogen) atoms. The maximum Gasteiger partial charge on any atom is 0.168 e. The summed E-state index contributed by atoms with van der Waals surface area (Å²) in [5.41, 5.74) is 5.65. The highest BCUT2D eigenvalue weighted by Crippen LogP contribution is 2.19. The Balaban J connectivity index is 2.10. The molecule has 2 aromatic rings. The third kappa shape index (κ3) is 4.26. The lowest BCUT2D eigenvalue weighted by Gasteiger charge is -2.16. The molecule has 0 bridgehead atoms. The van der Waals surface area contributed by atoms with E-state index in [1.54, 1.807) is 0 Å². The largest absolute Gasteiger partial charge is 0.260 e. The average molecular weight is 303 g/mol. The summed E-state index contributed by atoms with van der Waals surface area (Å²) in [6.45, 7) is 8.22. The number of hydrogen-bond acceptors (Lipinski definition) is 4. The number of rotatable bonds is 3. The normalized spacial score (nSPS) is 12.3. The molecule has 0 fully saturated rings. The summed E-state index contributed by atoms with van der Waals surface area (Å²) in [6.07, 6.45) is 0. The Morgan fingerprint density at radius 3 is 2.48 bits per heavy atom. The fraction of sp³-hybridized carbons (Fsp3) is 0.312. The molecule has 2 rings (SSSR count). The van der Waals surface area contributed by atoms with Gasteiger partial charge >= 0.3 is 0 Å². The van der Waals surface area contributed by atoms with Crippen molar-refractivity contribution >= 4 is 23.1 Å². The molecule has 1 aromatic heterocycles. The number of halogens is 1. The molecule has 5 heteroatoms. The Hall–Kier alpha value is -1.94. The van der Waals surface area contributed by atoms with Gasteiger partial charge in [0.25, 0.3) is 0 Å². The molecule has 110 valence electrons. The summed E-state index contributed by atoms with van der Waals surface area (Å²) < 4.78 is 0. The molecule has 0 radical (unpaired) electrons. The van der Waals surface area contributed by atoms with Crippen molar-refractivity contribution in [3.8, 4) is 0 Å². The first-order valence-electron chi connectivity index (χ1n) is 6.77. The molecule has 0 spiro atoms. The third-order valence-corrected chi connectivity index (χ3v) is 3.25. The van der Waals surface area contributed by atoms with Gasteiger partial charge in [-0.05, 0) is 36.8 Å². The van der Waals surface area contributed by atoms with Crippen LogP contribution in [0.25, 0.3) is 0 Å². The van der Waals surface area contributed by atoms with Crippen LogP contribution in [0, 0.1) is 0 Å². The van der Waals surface area contributed by atoms with Gasteiger partial charge in [-0.3, -0.25) is 5.43 Å². The van der Waals surface area contributed by atoms with Gasteiger partial charge in [-0.25, -0.2) is 0 Å². The van der Waals surface area contributed by atoms with Crippen LogP contribution < -0.4 is 5.43 Å². The van der Waals surface area contributed by atoms with E-state index < -0.39 is 0 Å². The molecule has 0 saturated carbocycles. The minimum absolute atomic E-state index is 0.00843. The predicted molar refractivity (Wildman–Crippen MR) is 88.0 cm³/mol. The van der Waals surface area contributed by atoms with Crippen LogP contribution in [0.2, 0.25) is 5.02 Å². The lowest BCUT2D eigenvalue weighted by Crippen LogP contribution is -2.14. The second kappa shape index (κ2) is 6.22. The number of hydrogen-bond donors (Lipinski definition) is 1. The minimum atomic E-state index is -0.00843. The highest BCUT2D eigenvalue weighted by Gasteiger charge is 2.15. The van der Waals surface area contributed by atoms with Crippen molar-refractivity contribution in [2.45, 2.75) is 33.1 Å². The van der Waals surface area contributed by atoms with Gasteiger partial charge in [0.2, 0.25) is 0 Å². The summed E-state index contributed by atoms with van der Waals surface area (Å²) in [6, 6.07) is 11.4. The van der Waals surface area contributed by atoms with Crippen LogP contribution in [-0.2, 0) is 5.41 Å². The van der Waals surface area contributed by atoms with Crippen molar-refractivity contribution in [1.82, 2.24) is 10.2 Å². The molecule has 0 saturated heterocycles. The fourth-order valence-corrected chi connectivity index (χ4v) is 1.90. The lowest BCUT2D eigenvalue weighted by atomic mass is 9.92. The Morgan fingerprint density at radius 2 is 1.90 bits per heavy atom. The van der Waals surface area contributed by atoms with E-state index in [9.17, 15) is 0 Å². The molecule has 0 aliphatic heterocycles. The first-order valence-corrected chi connectivity index (χ1v) is 7.14. The second-order valence-electron chi connectivity index (χ2n) is 5.87. The predicted octanol–water partition coefficient (Wildman–Crippen LogP) is 4.26. The van der Waals surface area contributed by atoms with Crippen LogP contribution in [0.15, 0.2) is 41.5 Å². The Labute approximate surface area is 130 Å². The van der Waals surface area contributed by atoms with Crippen LogP contribution in [0.4, 0.5) is 5.82 Å². The molecule has 0 aliphatic carbocycles. The number of anilines is 1.